The fourth-order valence-electron chi connectivity index (χ4n) is 3.02. The van der Waals surface area contributed by atoms with E-state index in [2.05, 4.69) is 0 Å². The van der Waals surface area contributed by atoms with E-state index in [0.717, 1.165) is 5.56 Å². The smallest absolute Gasteiger partial charge is 0.203 e. The summed E-state index contributed by atoms with van der Waals surface area (Å²) in [4.78, 5) is 12.8. The van der Waals surface area contributed by atoms with Crippen LogP contribution in [-0.2, 0) is 0 Å². The molecule has 0 unspecified atom stereocenters. The number of benzene rings is 2. The molecule has 0 spiro atoms. The Kier molecular flexibility index (Phi) is 4.16. The van der Waals surface area contributed by atoms with Crippen LogP contribution < -0.4 is 23.7 Å². The first kappa shape index (κ1) is 16.3. The Morgan fingerprint density at radius 3 is 2.62 bits per heavy atom. The highest BCUT2D eigenvalue weighted by Crippen LogP contribution is 2.41. The third kappa shape index (κ3) is 2.83. The molecule has 6 nitrogen and oxygen atoms in total. The van der Waals surface area contributed by atoms with Crippen molar-refractivity contribution in [3.05, 3.63) is 47.0 Å². The highest BCUT2D eigenvalue weighted by Gasteiger charge is 2.25. The minimum atomic E-state index is -0.0843. The van der Waals surface area contributed by atoms with Crippen molar-refractivity contribution in [3.8, 4) is 28.7 Å². The summed E-state index contributed by atoms with van der Waals surface area (Å²) in [6, 6.07) is 8.85. The maximum Gasteiger partial charge on any atom is 0.203 e. The zero-order valence-electron chi connectivity index (χ0n) is 14.5. The normalized spacial score (nSPS) is 16.7. The Bertz CT molecular complexity index is 882. The second kappa shape index (κ2) is 6.63. The predicted octanol–water partition coefficient (Wildman–Crippen LogP) is 3.13. The maximum atomic E-state index is 12.8. The molecule has 0 saturated carbocycles. The monoisotopic (exact) mass is 354 g/mol. The highest BCUT2D eigenvalue weighted by molar-refractivity contribution is 6.14. The van der Waals surface area contributed by atoms with E-state index in [0.29, 0.717) is 53.1 Å². The van der Waals surface area contributed by atoms with Gasteiger partial charge in [-0.3, -0.25) is 4.79 Å². The van der Waals surface area contributed by atoms with Crippen molar-refractivity contribution in [2.45, 2.75) is 0 Å². The van der Waals surface area contributed by atoms with Crippen LogP contribution in [0.25, 0.3) is 6.08 Å². The van der Waals surface area contributed by atoms with Gasteiger partial charge in [0.25, 0.3) is 0 Å². The summed E-state index contributed by atoms with van der Waals surface area (Å²) in [5.41, 5.74) is 1.82. The van der Waals surface area contributed by atoms with Gasteiger partial charge in [-0.25, -0.2) is 0 Å². The molecule has 0 aromatic heterocycles. The molecule has 26 heavy (non-hydrogen) atoms. The van der Waals surface area contributed by atoms with Gasteiger partial charge in [-0.05, 0) is 42.0 Å². The summed E-state index contributed by atoms with van der Waals surface area (Å²) < 4.78 is 27.6. The maximum absolute atomic E-state index is 12.8. The third-order valence-electron chi connectivity index (χ3n) is 4.30. The molecular formula is C20H18O6. The summed E-state index contributed by atoms with van der Waals surface area (Å²) in [7, 11) is 3.13. The van der Waals surface area contributed by atoms with E-state index < -0.39 is 0 Å². The molecule has 0 N–H and O–H groups in total. The summed E-state index contributed by atoms with van der Waals surface area (Å²) >= 11 is 0. The molecule has 2 aliphatic rings. The first-order valence-corrected chi connectivity index (χ1v) is 8.23. The van der Waals surface area contributed by atoms with Crippen molar-refractivity contribution in [3.63, 3.8) is 0 Å². The molecular weight excluding hydrogens is 336 g/mol. The molecule has 0 fully saturated rings. The van der Waals surface area contributed by atoms with Gasteiger partial charge in [-0.1, -0.05) is 0 Å². The molecule has 0 atom stereocenters. The molecule has 4 rings (SSSR count). The molecule has 0 aliphatic carbocycles. The number of carbonyl (C=O) groups is 1. The molecule has 0 amide bonds. The van der Waals surface area contributed by atoms with Gasteiger partial charge in [0.05, 0.1) is 19.8 Å². The average molecular weight is 354 g/mol. The fourth-order valence-corrected chi connectivity index (χ4v) is 3.02. The number of Topliss-reactive ketones (excluding diaryl/α,β-unsaturated/α-hetero) is 1. The molecule has 6 heteroatoms. The van der Waals surface area contributed by atoms with Crippen molar-refractivity contribution in [1.82, 2.24) is 0 Å². The van der Waals surface area contributed by atoms with E-state index >= 15 is 0 Å². The number of ketones is 1. The minimum absolute atomic E-state index is 0.0843. The van der Waals surface area contributed by atoms with E-state index in [9.17, 15) is 4.79 Å². The first-order valence-electron chi connectivity index (χ1n) is 8.23. The lowest BCUT2D eigenvalue weighted by molar-refractivity contribution is 0.100. The van der Waals surface area contributed by atoms with Crippen molar-refractivity contribution in [1.29, 1.82) is 0 Å². The standard InChI is InChI=1S/C20H18O6/c1-22-14-3-4-16-15(10-14)19(21)13(11-26-16)7-12-8-17(23-2)20-18(9-12)24-5-6-25-20/h3-4,7-10H,5-6,11H2,1-2H3/b13-7-. The van der Waals surface area contributed by atoms with Gasteiger partial charge in [-0.2, -0.15) is 0 Å². The van der Waals surface area contributed by atoms with Crippen LogP contribution in [-0.4, -0.2) is 39.8 Å². The highest BCUT2D eigenvalue weighted by atomic mass is 16.6. The van der Waals surface area contributed by atoms with E-state index in [1.165, 1.54) is 0 Å². The second-order valence-corrected chi connectivity index (χ2v) is 5.90. The summed E-state index contributed by atoms with van der Waals surface area (Å²) in [5.74, 6) is 2.85. The minimum Gasteiger partial charge on any atom is -0.497 e. The number of hydrogen-bond acceptors (Lipinski definition) is 6. The van der Waals surface area contributed by atoms with E-state index in [1.54, 1.807) is 38.5 Å². The molecule has 2 aromatic rings. The lowest BCUT2D eigenvalue weighted by Crippen LogP contribution is -2.19. The Morgan fingerprint density at radius 1 is 0.962 bits per heavy atom. The van der Waals surface area contributed by atoms with Gasteiger partial charge in [0.15, 0.2) is 17.3 Å². The van der Waals surface area contributed by atoms with E-state index in [1.807, 2.05) is 12.1 Å². The van der Waals surface area contributed by atoms with Gasteiger partial charge < -0.3 is 23.7 Å². The van der Waals surface area contributed by atoms with Crippen LogP contribution in [0.4, 0.5) is 0 Å². The number of rotatable bonds is 3. The van der Waals surface area contributed by atoms with Gasteiger partial charge in [-0.15, -0.1) is 0 Å². The molecule has 0 bridgehead atoms. The summed E-state index contributed by atoms with van der Waals surface area (Å²) in [6.07, 6.45) is 1.78. The molecule has 2 heterocycles. The topological polar surface area (TPSA) is 63.2 Å². The Morgan fingerprint density at radius 2 is 1.81 bits per heavy atom. The Hall–Kier alpha value is -3.15. The third-order valence-corrected chi connectivity index (χ3v) is 4.30. The zero-order valence-corrected chi connectivity index (χ0v) is 14.5. The van der Waals surface area contributed by atoms with E-state index in [-0.39, 0.29) is 12.4 Å². The first-order chi connectivity index (χ1) is 12.7. The fraction of sp³-hybridized carbons (Fsp3) is 0.250. The Labute approximate surface area is 150 Å². The number of hydrogen-bond donors (Lipinski definition) is 0. The zero-order chi connectivity index (χ0) is 18.1. The van der Waals surface area contributed by atoms with Crippen molar-refractivity contribution < 1.29 is 28.5 Å². The van der Waals surface area contributed by atoms with Crippen molar-refractivity contribution in [2.75, 3.05) is 34.0 Å². The molecule has 0 radical (unpaired) electrons. The predicted molar refractivity (Wildman–Crippen MR) is 94.8 cm³/mol. The second-order valence-electron chi connectivity index (χ2n) is 5.90. The van der Waals surface area contributed by atoms with Gasteiger partial charge in [0, 0.05) is 5.57 Å². The van der Waals surface area contributed by atoms with Crippen LogP contribution in [0.1, 0.15) is 15.9 Å². The Balaban J connectivity index is 1.71. The van der Waals surface area contributed by atoms with Crippen LogP contribution >= 0.6 is 0 Å². The van der Waals surface area contributed by atoms with Gasteiger partial charge in [0.1, 0.15) is 31.3 Å². The van der Waals surface area contributed by atoms with Crippen LogP contribution in [0.5, 0.6) is 28.7 Å². The average Bonchev–Trinajstić information content (AvgIpc) is 2.69. The number of methoxy groups -OCH3 is 2. The number of fused-ring (bicyclic) bond motifs is 2. The van der Waals surface area contributed by atoms with Crippen LogP contribution in [0.15, 0.2) is 35.9 Å². The van der Waals surface area contributed by atoms with Gasteiger partial charge >= 0.3 is 0 Å². The van der Waals surface area contributed by atoms with Crippen LogP contribution in [0, 0.1) is 0 Å². The molecule has 0 saturated heterocycles. The molecule has 134 valence electrons. The number of ether oxygens (including phenoxy) is 5. The van der Waals surface area contributed by atoms with Crippen molar-refractivity contribution in [2.24, 2.45) is 0 Å². The quantitative estimate of drug-likeness (QED) is 0.789. The van der Waals surface area contributed by atoms with Crippen LogP contribution in [0.2, 0.25) is 0 Å². The lowest BCUT2D eigenvalue weighted by Gasteiger charge is -2.22. The van der Waals surface area contributed by atoms with Crippen LogP contribution in [0.3, 0.4) is 0 Å². The SMILES string of the molecule is COc1ccc2c(c1)C(=O)/C(=C\c1cc(OC)c3c(c1)OCCO3)CO2. The molecule has 2 aliphatic heterocycles. The summed E-state index contributed by atoms with van der Waals surface area (Å²) in [5, 5.41) is 0. The lowest BCUT2D eigenvalue weighted by atomic mass is 9.98. The number of carbonyl (C=O) groups excluding carboxylic acids is 1. The summed E-state index contributed by atoms with van der Waals surface area (Å²) in [6.45, 7) is 1.16. The van der Waals surface area contributed by atoms with E-state index in [4.69, 9.17) is 23.7 Å². The van der Waals surface area contributed by atoms with Crippen molar-refractivity contribution >= 4 is 11.9 Å². The molecule has 2 aromatic carbocycles. The van der Waals surface area contributed by atoms with Gasteiger partial charge in [0.2, 0.25) is 5.75 Å². The largest absolute Gasteiger partial charge is 0.497 e.